The van der Waals surface area contributed by atoms with Crippen molar-refractivity contribution in [3.05, 3.63) is 18.0 Å². The Labute approximate surface area is 109 Å². The third-order valence-corrected chi connectivity index (χ3v) is 3.93. The summed E-state index contributed by atoms with van der Waals surface area (Å²) in [6.45, 7) is 7.28. The summed E-state index contributed by atoms with van der Waals surface area (Å²) in [5, 5.41) is 13.7. The molecular weight excluding hydrogens is 224 g/mol. The van der Waals surface area contributed by atoms with Crippen molar-refractivity contribution in [2.45, 2.75) is 26.8 Å². The number of hydrogen-bond acceptors (Lipinski definition) is 3. The lowest BCUT2D eigenvalue weighted by Gasteiger charge is -2.37. The van der Waals surface area contributed by atoms with E-state index in [-0.39, 0.29) is 5.92 Å². The second-order valence-corrected chi connectivity index (χ2v) is 5.65. The van der Waals surface area contributed by atoms with Gasteiger partial charge in [0.05, 0.1) is 17.7 Å². The minimum atomic E-state index is 0.169. The van der Waals surface area contributed by atoms with E-state index in [4.69, 9.17) is 0 Å². The molecule has 18 heavy (non-hydrogen) atoms. The largest absolute Gasteiger partial charge is 0.296 e. The fourth-order valence-electron chi connectivity index (χ4n) is 2.89. The Balaban J connectivity index is 1.96. The average molecular weight is 246 g/mol. The first-order chi connectivity index (χ1) is 8.60. The number of likely N-dealkylation sites (tertiary alicyclic amines) is 1. The van der Waals surface area contributed by atoms with Gasteiger partial charge in [-0.2, -0.15) is 10.4 Å². The molecule has 0 aliphatic carbocycles. The molecule has 2 heterocycles. The molecule has 2 rings (SSSR count). The van der Waals surface area contributed by atoms with Gasteiger partial charge in [0.15, 0.2) is 0 Å². The van der Waals surface area contributed by atoms with Crippen LogP contribution in [-0.4, -0.2) is 27.8 Å². The first-order valence-electron chi connectivity index (χ1n) is 6.70. The van der Waals surface area contributed by atoms with Crippen LogP contribution in [0.15, 0.2) is 12.3 Å². The number of aryl methyl sites for hydroxylation is 1. The van der Waals surface area contributed by atoms with Gasteiger partial charge in [-0.25, -0.2) is 0 Å². The molecule has 2 atom stereocenters. The lowest BCUT2D eigenvalue weighted by molar-refractivity contribution is 0.114. The molecular formula is C14H22N4. The molecule has 0 spiro atoms. The summed E-state index contributed by atoms with van der Waals surface area (Å²) >= 11 is 0. The van der Waals surface area contributed by atoms with E-state index in [1.165, 1.54) is 0 Å². The molecule has 0 N–H and O–H groups in total. The minimum absolute atomic E-state index is 0.169. The highest BCUT2D eigenvalue weighted by atomic mass is 15.3. The molecule has 1 saturated heterocycles. The number of hydrogen-bond donors (Lipinski definition) is 0. The fourth-order valence-corrected chi connectivity index (χ4v) is 2.89. The predicted molar refractivity (Wildman–Crippen MR) is 70.5 cm³/mol. The molecule has 1 aromatic rings. The van der Waals surface area contributed by atoms with Crippen LogP contribution in [0.4, 0.5) is 0 Å². The number of piperidine rings is 1. The van der Waals surface area contributed by atoms with Crippen LogP contribution in [0.5, 0.6) is 0 Å². The van der Waals surface area contributed by atoms with Crippen LogP contribution < -0.4 is 0 Å². The van der Waals surface area contributed by atoms with Crippen molar-refractivity contribution in [1.82, 2.24) is 14.7 Å². The van der Waals surface area contributed by atoms with Crippen LogP contribution in [0.3, 0.4) is 0 Å². The molecule has 1 aliphatic heterocycles. The molecule has 1 fully saturated rings. The Hall–Kier alpha value is -1.34. The summed E-state index contributed by atoms with van der Waals surface area (Å²) in [5.41, 5.74) is 1.09. The molecule has 4 heteroatoms. The summed E-state index contributed by atoms with van der Waals surface area (Å²) in [6, 6.07) is 4.54. The first-order valence-corrected chi connectivity index (χ1v) is 6.70. The van der Waals surface area contributed by atoms with Crippen LogP contribution in [-0.2, 0) is 13.6 Å². The average Bonchev–Trinajstić information content (AvgIpc) is 2.74. The molecule has 0 aromatic carbocycles. The standard InChI is InChI=1S/C14H22N4/c1-11(2)14-5-7-18(9-12(14)8-15)10-13-4-6-17(3)16-13/h4,6,11-12,14H,5,7,9-10H2,1-3H3. The van der Waals surface area contributed by atoms with Gasteiger partial charge in [-0.3, -0.25) is 9.58 Å². The molecule has 1 aromatic heterocycles. The van der Waals surface area contributed by atoms with E-state index in [0.717, 1.165) is 31.7 Å². The summed E-state index contributed by atoms with van der Waals surface area (Å²) in [4.78, 5) is 2.36. The second kappa shape index (κ2) is 5.53. The van der Waals surface area contributed by atoms with Crippen LogP contribution in [0.1, 0.15) is 26.0 Å². The Morgan fingerprint density at radius 1 is 1.56 bits per heavy atom. The van der Waals surface area contributed by atoms with Gasteiger partial charge in [0.25, 0.3) is 0 Å². The molecule has 0 amide bonds. The van der Waals surface area contributed by atoms with Crippen molar-refractivity contribution < 1.29 is 0 Å². The fraction of sp³-hybridized carbons (Fsp3) is 0.714. The van der Waals surface area contributed by atoms with E-state index in [2.05, 4.69) is 36.0 Å². The molecule has 98 valence electrons. The molecule has 0 radical (unpaired) electrons. The maximum atomic E-state index is 9.30. The Kier molecular flexibility index (Phi) is 4.03. The highest BCUT2D eigenvalue weighted by Gasteiger charge is 2.31. The number of nitrogens with zero attached hydrogens (tertiary/aromatic N) is 4. The van der Waals surface area contributed by atoms with Crippen molar-refractivity contribution in [2.75, 3.05) is 13.1 Å². The van der Waals surface area contributed by atoms with Gasteiger partial charge in [-0.15, -0.1) is 0 Å². The smallest absolute Gasteiger partial charge is 0.0764 e. The zero-order valence-electron chi connectivity index (χ0n) is 11.5. The monoisotopic (exact) mass is 246 g/mol. The zero-order chi connectivity index (χ0) is 13.1. The third kappa shape index (κ3) is 2.91. The van der Waals surface area contributed by atoms with E-state index in [0.29, 0.717) is 11.8 Å². The summed E-state index contributed by atoms with van der Waals surface area (Å²) in [5.74, 6) is 1.32. The van der Waals surface area contributed by atoms with Crippen LogP contribution >= 0.6 is 0 Å². The van der Waals surface area contributed by atoms with Gasteiger partial charge in [-0.1, -0.05) is 13.8 Å². The van der Waals surface area contributed by atoms with Crippen molar-refractivity contribution in [3.8, 4) is 6.07 Å². The van der Waals surface area contributed by atoms with Crippen LogP contribution in [0.2, 0.25) is 0 Å². The predicted octanol–water partition coefficient (Wildman–Crippen LogP) is 2.04. The number of rotatable bonds is 3. The minimum Gasteiger partial charge on any atom is -0.296 e. The van der Waals surface area contributed by atoms with Crippen molar-refractivity contribution in [1.29, 1.82) is 5.26 Å². The van der Waals surface area contributed by atoms with Crippen LogP contribution in [0.25, 0.3) is 0 Å². The SMILES string of the molecule is CC(C)C1CCN(Cc2ccn(C)n2)CC1C#N. The van der Waals surface area contributed by atoms with Crippen molar-refractivity contribution in [2.24, 2.45) is 24.8 Å². The molecule has 0 saturated carbocycles. The normalized spacial score (nSPS) is 25.3. The van der Waals surface area contributed by atoms with Crippen LogP contribution in [0, 0.1) is 29.1 Å². The van der Waals surface area contributed by atoms with E-state index < -0.39 is 0 Å². The van der Waals surface area contributed by atoms with Gasteiger partial charge in [0.1, 0.15) is 0 Å². The van der Waals surface area contributed by atoms with E-state index in [1.54, 1.807) is 0 Å². The third-order valence-electron chi connectivity index (χ3n) is 3.93. The van der Waals surface area contributed by atoms with E-state index in [9.17, 15) is 5.26 Å². The quantitative estimate of drug-likeness (QED) is 0.820. The number of nitriles is 1. The van der Waals surface area contributed by atoms with Gasteiger partial charge in [0, 0.05) is 26.3 Å². The van der Waals surface area contributed by atoms with Gasteiger partial charge < -0.3 is 0 Å². The topological polar surface area (TPSA) is 44.9 Å². The maximum absolute atomic E-state index is 9.30. The lowest BCUT2D eigenvalue weighted by atomic mass is 9.79. The summed E-state index contributed by atoms with van der Waals surface area (Å²) < 4.78 is 1.83. The Morgan fingerprint density at radius 3 is 2.89 bits per heavy atom. The Bertz CT molecular complexity index is 429. The number of aromatic nitrogens is 2. The zero-order valence-corrected chi connectivity index (χ0v) is 11.5. The molecule has 4 nitrogen and oxygen atoms in total. The summed E-state index contributed by atoms with van der Waals surface area (Å²) in [7, 11) is 1.94. The van der Waals surface area contributed by atoms with E-state index in [1.807, 2.05) is 17.9 Å². The van der Waals surface area contributed by atoms with Gasteiger partial charge in [0.2, 0.25) is 0 Å². The second-order valence-electron chi connectivity index (χ2n) is 5.65. The first kappa shape index (κ1) is 13.1. The highest BCUT2D eigenvalue weighted by molar-refractivity contribution is 5.01. The highest BCUT2D eigenvalue weighted by Crippen LogP contribution is 2.30. The van der Waals surface area contributed by atoms with E-state index >= 15 is 0 Å². The Morgan fingerprint density at radius 2 is 2.33 bits per heavy atom. The maximum Gasteiger partial charge on any atom is 0.0764 e. The molecule has 0 bridgehead atoms. The lowest BCUT2D eigenvalue weighted by Crippen LogP contribution is -2.41. The van der Waals surface area contributed by atoms with Gasteiger partial charge >= 0.3 is 0 Å². The van der Waals surface area contributed by atoms with Crippen molar-refractivity contribution in [3.63, 3.8) is 0 Å². The summed E-state index contributed by atoms with van der Waals surface area (Å²) in [6.07, 6.45) is 3.10. The molecule has 2 unspecified atom stereocenters. The van der Waals surface area contributed by atoms with Crippen molar-refractivity contribution >= 4 is 0 Å². The van der Waals surface area contributed by atoms with Gasteiger partial charge in [-0.05, 0) is 30.9 Å². The molecule has 1 aliphatic rings.